The van der Waals surface area contributed by atoms with Crippen molar-refractivity contribution in [3.63, 3.8) is 0 Å². The van der Waals surface area contributed by atoms with Crippen LogP contribution >= 0.6 is 0 Å². The van der Waals surface area contributed by atoms with Gasteiger partial charge in [-0.25, -0.2) is 0 Å². The summed E-state index contributed by atoms with van der Waals surface area (Å²) < 4.78 is 5.50. The van der Waals surface area contributed by atoms with E-state index in [0.717, 1.165) is 44.9 Å². The average Bonchev–Trinajstić information content (AvgIpc) is 3.46. The topological polar surface area (TPSA) is 95.9 Å². The molecule has 472 valence electrons. The number of aliphatic hydroxyl groups is 2. The van der Waals surface area contributed by atoms with Crippen molar-refractivity contribution in [2.75, 3.05) is 13.2 Å². The van der Waals surface area contributed by atoms with Gasteiger partial charge in [0.25, 0.3) is 0 Å². The monoisotopic (exact) mass is 1120 g/mol. The van der Waals surface area contributed by atoms with Gasteiger partial charge < -0.3 is 20.3 Å². The Morgan fingerprint density at radius 2 is 0.625 bits per heavy atom. The summed E-state index contributed by atoms with van der Waals surface area (Å²) in [6.07, 6.45) is 89.4. The van der Waals surface area contributed by atoms with Gasteiger partial charge >= 0.3 is 5.97 Å². The second kappa shape index (κ2) is 69.6. The van der Waals surface area contributed by atoms with Crippen LogP contribution < -0.4 is 5.32 Å². The predicted molar refractivity (Wildman–Crippen MR) is 352 cm³/mol. The van der Waals surface area contributed by atoms with E-state index < -0.39 is 12.1 Å². The first-order valence-electron chi connectivity index (χ1n) is 36.3. The van der Waals surface area contributed by atoms with E-state index in [1.165, 1.54) is 327 Å². The molecule has 0 aliphatic heterocycles. The van der Waals surface area contributed by atoms with Gasteiger partial charge in [-0.05, 0) is 64.2 Å². The minimum Gasteiger partial charge on any atom is -0.466 e. The zero-order chi connectivity index (χ0) is 57.8. The first-order chi connectivity index (χ1) is 39.5. The van der Waals surface area contributed by atoms with E-state index in [2.05, 4.69) is 43.5 Å². The number of ether oxygens (including phenoxy) is 1. The maximum absolute atomic E-state index is 12.5. The molecule has 0 aliphatic rings. The van der Waals surface area contributed by atoms with Crippen molar-refractivity contribution in [2.24, 2.45) is 0 Å². The molecule has 0 saturated heterocycles. The third-order valence-electron chi connectivity index (χ3n) is 16.9. The maximum Gasteiger partial charge on any atom is 0.305 e. The largest absolute Gasteiger partial charge is 0.466 e. The molecule has 0 heterocycles. The number of carbonyl (C=O) groups is 2. The van der Waals surface area contributed by atoms with Crippen LogP contribution in [0.1, 0.15) is 399 Å². The lowest BCUT2D eigenvalue weighted by molar-refractivity contribution is -0.143. The zero-order valence-corrected chi connectivity index (χ0v) is 54.1. The number of nitrogens with one attached hydrogen (secondary N) is 1. The van der Waals surface area contributed by atoms with Crippen molar-refractivity contribution in [1.82, 2.24) is 5.32 Å². The molecule has 0 bridgehead atoms. The van der Waals surface area contributed by atoms with E-state index in [1.807, 2.05) is 6.08 Å². The molecule has 1 amide bonds. The minimum absolute atomic E-state index is 0.0162. The molecule has 6 nitrogen and oxygen atoms in total. The number of aliphatic hydroxyl groups excluding tert-OH is 2. The minimum atomic E-state index is -0.846. The van der Waals surface area contributed by atoms with Gasteiger partial charge in [-0.1, -0.05) is 359 Å². The van der Waals surface area contributed by atoms with Crippen LogP contribution in [-0.4, -0.2) is 47.4 Å². The normalized spacial score (nSPS) is 12.7. The summed E-state index contributed by atoms with van der Waals surface area (Å²) in [4.78, 5) is 24.6. The number of hydrogen-bond donors (Lipinski definition) is 3. The number of unbranched alkanes of at least 4 members (excludes halogenated alkanes) is 53. The molecule has 0 rings (SSSR count). The van der Waals surface area contributed by atoms with E-state index in [1.54, 1.807) is 6.08 Å². The van der Waals surface area contributed by atoms with E-state index in [9.17, 15) is 19.8 Å². The number of hydrogen-bond acceptors (Lipinski definition) is 5. The fraction of sp³-hybridized carbons (Fsp3) is 0.892. The molecule has 80 heavy (non-hydrogen) atoms. The van der Waals surface area contributed by atoms with E-state index in [-0.39, 0.29) is 18.5 Å². The lowest BCUT2D eigenvalue weighted by atomic mass is 10.0. The quantitative estimate of drug-likeness (QED) is 0.0320. The zero-order valence-electron chi connectivity index (χ0n) is 54.1. The summed E-state index contributed by atoms with van der Waals surface area (Å²) in [5.74, 6) is -0.0501. The van der Waals surface area contributed by atoms with Crippen LogP contribution in [0.5, 0.6) is 0 Å². The molecule has 2 atom stereocenters. The Kier molecular flexibility index (Phi) is 67.9. The molecule has 0 saturated carbocycles. The Morgan fingerprint density at radius 1 is 0.350 bits per heavy atom. The summed E-state index contributed by atoms with van der Waals surface area (Å²) in [5.41, 5.74) is 0. The van der Waals surface area contributed by atoms with Crippen LogP contribution in [0.25, 0.3) is 0 Å². The van der Waals surface area contributed by atoms with Crippen molar-refractivity contribution >= 4 is 11.9 Å². The molecule has 6 heteroatoms. The second-order valence-corrected chi connectivity index (χ2v) is 24.9. The molecule has 0 aliphatic carbocycles. The molecule has 0 aromatic heterocycles. The van der Waals surface area contributed by atoms with Crippen molar-refractivity contribution in [1.29, 1.82) is 0 Å². The lowest BCUT2D eigenvalue weighted by Gasteiger charge is -2.20. The Labute approximate surface area is 500 Å². The average molecular weight is 1120 g/mol. The van der Waals surface area contributed by atoms with Crippen LogP contribution in [0, 0.1) is 0 Å². The molecule has 2 unspecified atom stereocenters. The number of allylic oxidation sites excluding steroid dienone is 5. The fourth-order valence-corrected chi connectivity index (χ4v) is 11.4. The summed E-state index contributed by atoms with van der Waals surface area (Å²) in [7, 11) is 0. The van der Waals surface area contributed by atoms with Gasteiger partial charge in [-0.3, -0.25) is 9.59 Å². The van der Waals surface area contributed by atoms with Crippen LogP contribution in [0.4, 0.5) is 0 Å². The van der Waals surface area contributed by atoms with Crippen LogP contribution in [0.15, 0.2) is 36.5 Å². The molecule has 0 fully saturated rings. The molecular formula is C74H141NO5. The lowest BCUT2D eigenvalue weighted by Crippen LogP contribution is -2.45. The molecule has 0 aromatic rings. The van der Waals surface area contributed by atoms with Gasteiger partial charge in [-0.15, -0.1) is 0 Å². The molecular weight excluding hydrogens is 983 g/mol. The van der Waals surface area contributed by atoms with Crippen LogP contribution in [0.2, 0.25) is 0 Å². The van der Waals surface area contributed by atoms with Crippen molar-refractivity contribution < 1.29 is 24.5 Å². The molecule has 3 N–H and O–H groups in total. The van der Waals surface area contributed by atoms with Gasteiger partial charge in [0.2, 0.25) is 5.91 Å². The maximum atomic E-state index is 12.5. The van der Waals surface area contributed by atoms with E-state index in [0.29, 0.717) is 19.4 Å². The first kappa shape index (κ1) is 78.1. The SMILES string of the molecule is CCCCCCCCCCCCCCCCC/C=C/C(O)C(CO)NC(=O)CCCCCCCCCCCCCCC/C=C\C/C=C\CCCCCCCCCCCOC(=O)CCCCCCCCCCCCCCCCCCC. The molecule has 0 aromatic carbocycles. The van der Waals surface area contributed by atoms with Crippen LogP contribution in [0.3, 0.4) is 0 Å². The number of amides is 1. The van der Waals surface area contributed by atoms with Gasteiger partial charge in [0, 0.05) is 12.8 Å². The highest BCUT2D eigenvalue weighted by Crippen LogP contribution is 2.19. The highest BCUT2D eigenvalue weighted by molar-refractivity contribution is 5.76. The van der Waals surface area contributed by atoms with Gasteiger partial charge in [0.05, 0.1) is 25.4 Å². The smallest absolute Gasteiger partial charge is 0.305 e. The van der Waals surface area contributed by atoms with Crippen molar-refractivity contribution in [2.45, 2.75) is 411 Å². The summed E-state index contributed by atoms with van der Waals surface area (Å²) in [6, 6.07) is -0.629. The van der Waals surface area contributed by atoms with Crippen LogP contribution in [-0.2, 0) is 14.3 Å². The van der Waals surface area contributed by atoms with Gasteiger partial charge in [0.15, 0.2) is 0 Å². The van der Waals surface area contributed by atoms with Crippen molar-refractivity contribution in [3.05, 3.63) is 36.5 Å². The second-order valence-electron chi connectivity index (χ2n) is 24.9. The molecule has 0 spiro atoms. The predicted octanol–water partition coefficient (Wildman–Crippen LogP) is 23.5. The highest BCUT2D eigenvalue weighted by Gasteiger charge is 2.18. The third-order valence-corrected chi connectivity index (χ3v) is 16.9. The standard InChI is InChI=1S/C74H141NO5/c1-3-5-7-9-11-13-15-17-19-34-38-42-46-50-54-58-62-66-72(77)71(70-76)75-73(78)67-63-59-55-51-47-43-39-36-32-30-28-26-24-22-21-23-25-27-29-31-33-37-41-45-49-53-57-61-65-69-80-74(79)68-64-60-56-52-48-44-40-35-20-18-16-14-12-10-8-6-4-2/h21,23,27,29,62,66,71-72,76-77H,3-20,22,24-26,28,30-61,63-65,67-70H2,1-2H3,(H,75,78)/b23-21-,29-27-,66-62+. The number of carbonyl (C=O) groups excluding carboxylic acids is 2. The summed E-state index contributed by atoms with van der Waals surface area (Å²) in [6.45, 7) is 4.94. The number of esters is 1. The van der Waals surface area contributed by atoms with E-state index >= 15 is 0 Å². The highest BCUT2D eigenvalue weighted by atomic mass is 16.5. The van der Waals surface area contributed by atoms with E-state index in [4.69, 9.17) is 4.74 Å². The first-order valence-corrected chi connectivity index (χ1v) is 36.3. The third kappa shape index (κ3) is 65.2. The summed E-state index contributed by atoms with van der Waals surface area (Å²) in [5, 5.41) is 23.2. The number of rotatable bonds is 68. The Balaban J connectivity index is 3.41. The van der Waals surface area contributed by atoms with Crippen molar-refractivity contribution in [3.8, 4) is 0 Å². The Bertz CT molecular complexity index is 1300. The van der Waals surface area contributed by atoms with Gasteiger partial charge in [-0.2, -0.15) is 0 Å². The Morgan fingerprint density at radius 3 is 0.950 bits per heavy atom. The van der Waals surface area contributed by atoms with Gasteiger partial charge in [0.1, 0.15) is 0 Å². The Hall–Kier alpha value is -1.92. The summed E-state index contributed by atoms with van der Waals surface area (Å²) >= 11 is 0. The fourth-order valence-electron chi connectivity index (χ4n) is 11.4. The molecule has 0 radical (unpaired) electrons.